The molecule has 0 unspecified atom stereocenters. The summed E-state index contributed by atoms with van der Waals surface area (Å²) in [5, 5.41) is 1.23. The number of pyridine rings is 2. The van der Waals surface area contributed by atoms with Crippen LogP contribution in [0.2, 0.25) is 10.0 Å². The molecule has 3 rings (SSSR count). The fraction of sp³-hybridized carbons (Fsp3) is 0. The second-order valence-corrected chi connectivity index (χ2v) is 6.37. The molecule has 0 spiro atoms. The molecule has 0 fully saturated rings. The summed E-state index contributed by atoms with van der Waals surface area (Å²) in [6.45, 7) is 0. The van der Waals surface area contributed by atoms with E-state index in [-0.39, 0.29) is 16.3 Å². The third kappa shape index (κ3) is 3.72. The Kier molecular flexibility index (Phi) is 5.08. The SMILES string of the molecule is Nc1cccc(SNc2ccc(Cl)c(-c3c(F)cccc3Cl)n2)n1. The van der Waals surface area contributed by atoms with Crippen LogP contribution in [0.3, 0.4) is 0 Å². The summed E-state index contributed by atoms with van der Waals surface area (Å²) in [6, 6.07) is 13.0. The molecule has 0 bridgehead atoms. The molecule has 122 valence electrons. The molecule has 4 nitrogen and oxygen atoms in total. The lowest BCUT2D eigenvalue weighted by Gasteiger charge is -2.10. The number of hydrogen-bond acceptors (Lipinski definition) is 5. The van der Waals surface area contributed by atoms with Crippen molar-refractivity contribution in [2.75, 3.05) is 10.5 Å². The van der Waals surface area contributed by atoms with E-state index in [1.54, 1.807) is 36.4 Å². The van der Waals surface area contributed by atoms with Crippen molar-refractivity contribution in [3.8, 4) is 11.3 Å². The van der Waals surface area contributed by atoms with Gasteiger partial charge in [0.2, 0.25) is 0 Å². The van der Waals surface area contributed by atoms with Gasteiger partial charge in [-0.1, -0.05) is 35.3 Å². The Labute approximate surface area is 152 Å². The minimum Gasteiger partial charge on any atom is -0.384 e. The first kappa shape index (κ1) is 16.8. The van der Waals surface area contributed by atoms with Crippen LogP contribution in [0.1, 0.15) is 0 Å². The van der Waals surface area contributed by atoms with Gasteiger partial charge >= 0.3 is 0 Å². The number of aromatic nitrogens is 2. The van der Waals surface area contributed by atoms with E-state index in [0.29, 0.717) is 21.7 Å². The second kappa shape index (κ2) is 7.25. The van der Waals surface area contributed by atoms with Crippen LogP contribution >= 0.6 is 35.1 Å². The molecule has 2 aromatic heterocycles. The molecule has 0 radical (unpaired) electrons. The van der Waals surface area contributed by atoms with Crippen LogP contribution in [-0.2, 0) is 0 Å². The van der Waals surface area contributed by atoms with E-state index < -0.39 is 5.82 Å². The van der Waals surface area contributed by atoms with Crippen LogP contribution in [0.5, 0.6) is 0 Å². The highest BCUT2D eigenvalue weighted by Crippen LogP contribution is 2.35. The number of halogens is 3. The third-order valence-electron chi connectivity index (χ3n) is 3.05. The normalized spacial score (nSPS) is 10.6. The maximum Gasteiger partial charge on any atom is 0.136 e. The Balaban J connectivity index is 1.89. The number of benzene rings is 1. The van der Waals surface area contributed by atoms with Crippen molar-refractivity contribution in [2.24, 2.45) is 0 Å². The van der Waals surface area contributed by atoms with Crippen molar-refractivity contribution in [1.29, 1.82) is 0 Å². The van der Waals surface area contributed by atoms with Crippen LogP contribution in [-0.4, -0.2) is 9.97 Å². The lowest BCUT2D eigenvalue weighted by atomic mass is 10.1. The summed E-state index contributed by atoms with van der Waals surface area (Å²) >= 11 is 13.5. The first-order valence-corrected chi connectivity index (χ1v) is 8.38. The Bertz CT molecular complexity index is 871. The number of anilines is 2. The lowest BCUT2D eigenvalue weighted by molar-refractivity contribution is 0.631. The van der Waals surface area contributed by atoms with Gasteiger partial charge < -0.3 is 10.5 Å². The number of nitrogens with zero attached hydrogens (tertiary/aromatic N) is 2. The summed E-state index contributed by atoms with van der Waals surface area (Å²) in [6.07, 6.45) is 0. The van der Waals surface area contributed by atoms with Crippen LogP contribution in [0.4, 0.5) is 16.0 Å². The monoisotopic (exact) mass is 380 g/mol. The molecule has 2 heterocycles. The molecule has 0 saturated heterocycles. The van der Waals surface area contributed by atoms with Gasteiger partial charge in [-0.15, -0.1) is 0 Å². The molecule has 0 atom stereocenters. The quantitative estimate of drug-likeness (QED) is 0.601. The van der Waals surface area contributed by atoms with Crippen molar-refractivity contribution in [2.45, 2.75) is 5.03 Å². The number of nitrogens with two attached hydrogens (primary N) is 1. The number of nitrogen functional groups attached to an aromatic ring is 1. The molecule has 0 amide bonds. The zero-order valence-electron chi connectivity index (χ0n) is 12.1. The molecule has 1 aromatic carbocycles. The highest BCUT2D eigenvalue weighted by Gasteiger charge is 2.15. The first-order chi connectivity index (χ1) is 11.5. The molecule has 0 aliphatic rings. The van der Waals surface area contributed by atoms with E-state index in [0.717, 1.165) is 0 Å². The fourth-order valence-corrected chi connectivity index (χ4v) is 3.06. The largest absolute Gasteiger partial charge is 0.384 e. The van der Waals surface area contributed by atoms with E-state index in [1.165, 1.54) is 24.1 Å². The molecule has 24 heavy (non-hydrogen) atoms. The topological polar surface area (TPSA) is 63.8 Å². The summed E-state index contributed by atoms with van der Waals surface area (Å²) in [5.41, 5.74) is 6.08. The van der Waals surface area contributed by atoms with Crippen molar-refractivity contribution in [3.05, 3.63) is 64.4 Å². The number of hydrogen-bond donors (Lipinski definition) is 2. The highest BCUT2D eigenvalue weighted by atomic mass is 35.5. The van der Waals surface area contributed by atoms with Crippen LogP contribution in [0, 0.1) is 5.82 Å². The van der Waals surface area contributed by atoms with Crippen LogP contribution in [0.25, 0.3) is 11.3 Å². The molecule has 3 N–H and O–H groups in total. The lowest BCUT2D eigenvalue weighted by Crippen LogP contribution is -1.97. The fourth-order valence-electron chi connectivity index (χ4n) is 1.99. The third-order valence-corrected chi connectivity index (χ3v) is 4.42. The Morgan fingerprint density at radius 2 is 1.75 bits per heavy atom. The van der Waals surface area contributed by atoms with E-state index >= 15 is 0 Å². The van der Waals surface area contributed by atoms with E-state index in [2.05, 4.69) is 14.7 Å². The maximum absolute atomic E-state index is 14.1. The van der Waals surface area contributed by atoms with Gasteiger partial charge in [-0.3, -0.25) is 0 Å². The molecule has 0 saturated carbocycles. The van der Waals surface area contributed by atoms with Gasteiger partial charge in [-0.05, 0) is 36.4 Å². The van der Waals surface area contributed by atoms with Gasteiger partial charge in [-0.2, -0.15) is 0 Å². The van der Waals surface area contributed by atoms with E-state index in [4.69, 9.17) is 28.9 Å². The number of rotatable bonds is 4. The molecule has 0 aliphatic heterocycles. The highest BCUT2D eigenvalue weighted by molar-refractivity contribution is 8.00. The zero-order chi connectivity index (χ0) is 17.1. The van der Waals surface area contributed by atoms with Gasteiger partial charge in [-0.25, -0.2) is 14.4 Å². The van der Waals surface area contributed by atoms with Gasteiger partial charge in [0.1, 0.15) is 22.5 Å². The second-order valence-electron chi connectivity index (χ2n) is 4.73. The molecular formula is C16H11Cl2FN4S. The summed E-state index contributed by atoms with van der Waals surface area (Å²) < 4.78 is 17.1. The molecule has 3 aromatic rings. The predicted molar refractivity (Wildman–Crippen MR) is 97.8 cm³/mol. The molecule has 0 aliphatic carbocycles. The Morgan fingerprint density at radius 3 is 2.50 bits per heavy atom. The molecular weight excluding hydrogens is 370 g/mol. The van der Waals surface area contributed by atoms with E-state index in [9.17, 15) is 4.39 Å². The molecule has 8 heteroatoms. The van der Waals surface area contributed by atoms with Crippen LogP contribution in [0.15, 0.2) is 53.6 Å². The van der Waals surface area contributed by atoms with Crippen LogP contribution < -0.4 is 10.5 Å². The van der Waals surface area contributed by atoms with Crippen molar-refractivity contribution in [3.63, 3.8) is 0 Å². The van der Waals surface area contributed by atoms with Gasteiger partial charge in [0, 0.05) is 11.9 Å². The smallest absolute Gasteiger partial charge is 0.136 e. The standard InChI is InChI=1S/C16H11Cl2FN4S/c17-9-3-1-4-11(19)15(9)16-10(18)7-8-13(22-16)23-24-14-6-2-5-12(20)21-14/h1-8H,(H2,20,21)(H,22,23). The minimum absolute atomic E-state index is 0.167. The predicted octanol–water partition coefficient (Wildman–Crippen LogP) is 5.29. The van der Waals surface area contributed by atoms with Gasteiger partial charge in [0.05, 0.1) is 21.3 Å². The minimum atomic E-state index is -0.487. The maximum atomic E-state index is 14.1. The summed E-state index contributed by atoms with van der Waals surface area (Å²) in [7, 11) is 0. The zero-order valence-corrected chi connectivity index (χ0v) is 14.5. The number of nitrogens with one attached hydrogen (secondary N) is 1. The Hall–Kier alpha value is -2.02. The summed E-state index contributed by atoms with van der Waals surface area (Å²) in [4.78, 5) is 8.51. The van der Waals surface area contributed by atoms with Crippen molar-refractivity contribution >= 4 is 46.8 Å². The summed E-state index contributed by atoms with van der Waals surface area (Å²) in [5.74, 6) is 0.423. The average Bonchev–Trinajstić information content (AvgIpc) is 2.55. The Morgan fingerprint density at radius 1 is 0.958 bits per heavy atom. The van der Waals surface area contributed by atoms with E-state index in [1.807, 2.05) is 0 Å². The van der Waals surface area contributed by atoms with Crippen molar-refractivity contribution in [1.82, 2.24) is 9.97 Å². The van der Waals surface area contributed by atoms with Crippen molar-refractivity contribution < 1.29 is 4.39 Å². The first-order valence-electron chi connectivity index (χ1n) is 6.81. The van der Waals surface area contributed by atoms with Gasteiger partial charge in [0.15, 0.2) is 0 Å². The average molecular weight is 381 g/mol. The van der Waals surface area contributed by atoms with Gasteiger partial charge in [0.25, 0.3) is 0 Å².